The molecule has 2 heterocycles. The lowest BCUT2D eigenvalue weighted by Crippen LogP contribution is -1.99. The largest absolute Gasteiger partial charge is 0.436 e. The lowest BCUT2D eigenvalue weighted by molar-refractivity contribution is 0.462. The van der Waals surface area contributed by atoms with Gasteiger partial charge in [-0.3, -0.25) is 4.98 Å². The van der Waals surface area contributed by atoms with E-state index in [4.69, 9.17) is 22.1 Å². The second-order valence-corrected chi connectivity index (χ2v) is 4.67. The number of aryl methyl sites for hydroxylation is 1. The van der Waals surface area contributed by atoms with E-state index in [2.05, 4.69) is 15.0 Å². The smallest absolute Gasteiger partial charge is 0.227 e. The molecule has 0 saturated heterocycles. The van der Waals surface area contributed by atoms with E-state index < -0.39 is 0 Å². The van der Waals surface area contributed by atoms with Crippen LogP contribution in [0.5, 0.6) is 11.6 Å². The van der Waals surface area contributed by atoms with E-state index in [1.165, 1.54) is 0 Å². The van der Waals surface area contributed by atoms with Crippen molar-refractivity contribution in [3.63, 3.8) is 0 Å². The first-order valence-corrected chi connectivity index (χ1v) is 6.33. The number of halogens is 1. The van der Waals surface area contributed by atoms with Crippen molar-refractivity contribution < 1.29 is 4.74 Å². The minimum Gasteiger partial charge on any atom is -0.436 e. The number of hydrogen-bond donors (Lipinski definition) is 1. The van der Waals surface area contributed by atoms with Gasteiger partial charge in [0.05, 0.1) is 5.02 Å². The first-order valence-electron chi connectivity index (χ1n) is 5.95. The van der Waals surface area contributed by atoms with Crippen LogP contribution in [0.3, 0.4) is 0 Å². The Bertz CT molecular complexity index is 791. The van der Waals surface area contributed by atoms with E-state index in [0.29, 0.717) is 22.2 Å². The Labute approximate surface area is 120 Å². The fourth-order valence-corrected chi connectivity index (χ4v) is 2.06. The lowest BCUT2D eigenvalue weighted by Gasteiger charge is -2.10. The Kier molecular flexibility index (Phi) is 3.12. The lowest BCUT2D eigenvalue weighted by atomic mass is 10.2. The number of nitrogen functional groups attached to an aromatic ring is 1. The minimum absolute atomic E-state index is 0.164. The van der Waals surface area contributed by atoms with Crippen LogP contribution in [0.15, 0.2) is 36.7 Å². The molecule has 2 aromatic heterocycles. The molecule has 6 heteroatoms. The molecule has 0 bridgehead atoms. The van der Waals surface area contributed by atoms with Gasteiger partial charge in [0.1, 0.15) is 5.52 Å². The number of nitrogens with zero attached hydrogens (tertiary/aromatic N) is 3. The molecule has 20 heavy (non-hydrogen) atoms. The Balaban J connectivity index is 2.11. The maximum Gasteiger partial charge on any atom is 0.227 e. The van der Waals surface area contributed by atoms with Gasteiger partial charge < -0.3 is 10.5 Å². The van der Waals surface area contributed by atoms with Gasteiger partial charge in [0.15, 0.2) is 5.75 Å². The predicted molar refractivity (Wildman–Crippen MR) is 78.0 cm³/mol. The Morgan fingerprint density at radius 2 is 2.05 bits per heavy atom. The molecule has 5 nitrogen and oxygen atoms in total. The number of ether oxygens (including phenoxy) is 1. The maximum absolute atomic E-state index is 6.15. The molecule has 3 rings (SSSR count). The Hall–Kier alpha value is -2.40. The van der Waals surface area contributed by atoms with Gasteiger partial charge in [-0.2, -0.15) is 4.98 Å². The quantitative estimate of drug-likeness (QED) is 0.782. The molecule has 0 atom stereocenters. The highest BCUT2D eigenvalue weighted by atomic mass is 35.5. The monoisotopic (exact) mass is 286 g/mol. The molecule has 0 spiro atoms. The molecule has 2 N–H and O–H groups in total. The van der Waals surface area contributed by atoms with Gasteiger partial charge in [-0.25, -0.2) is 4.98 Å². The first-order chi connectivity index (χ1) is 9.65. The van der Waals surface area contributed by atoms with Crippen LogP contribution in [0.25, 0.3) is 10.9 Å². The van der Waals surface area contributed by atoms with Crippen molar-refractivity contribution in [2.75, 3.05) is 5.73 Å². The van der Waals surface area contributed by atoms with Crippen LogP contribution < -0.4 is 10.5 Å². The number of aromatic nitrogens is 3. The van der Waals surface area contributed by atoms with Crippen molar-refractivity contribution in [2.45, 2.75) is 6.92 Å². The third-order valence-electron chi connectivity index (χ3n) is 2.83. The third-order valence-corrected chi connectivity index (χ3v) is 3.16. The first kappa shape index (κ1) is 12.6. The summed E-state index contributed by atoms with van der Waals surface area (Å²) in [6.07, 6.45) is 3.30. The van der Waals surface area contributed by atoms with E-state index in [-0.39, 0.29) is 5.95 Å². The fourth-order valence-electron chi connectivity index (χ4n) is 1.84. The summed E-state index contributed by atoms with van der Waals surface area (Å²) in [5, 5.41) is 1.45. The summed E-state index contributed by atoms with van der Waals surface area (Å²) in [6.45, 7) is 1.85. The summed E-state index contributed by atoms with van der Waals surface area (Å²) in [5.74, 6) is 1.15. The summed E-state index contributed by atoms with van der Waals surface area (Å²) in [7, 11) is 0. The molecule has 0 unspecified atom stereocenters. The van der Waals surface area contributed by atoms with Crippen molar-refractivity contribution in [3.05, 3.63) is 47.2 Å². The Morgan fingerprint density at radius 3 is 2.90 bits per heavy atom. The molecule has 0 amide bonds. The van der Waals surface area contributed by atoms with Crippen LogP contribution in [0.1, 0.15) is 5.56 Å². The number of rotatable bonds is 2. The zero-order chi connectivity index (χ0) is 14.1. The molecule has 0 aliphatic heterocycles. The van der Waals surface area contributed by atoms with Crippen LogP contribution in [0, 0.1) is 6.92 Å². The van der Waals surface area contributed by atoms with Gasteiger partial charge in [0, 0.05) is 23.3 Å². The van der Waals surface area contributed by atoms with Gasteiger partial charge >= 0.3 is 0 Å². The summed E-state index contributed by atoms with van der Waals surface area (Å²) in [5.41, 5.74) is 7.05. The van der Waals surface area contributed by atoms with E-state index in [9.17, 15) is 0 Å². The van der Waals surface area contributed by atoms with Gasteiger partial charge in [0.25, 0.3) is 0 Å². The van der Waals surface area contributed by atoms with Crippen LogP contribution >= 0.6 is 11.6 Å². The van der Waals surface area contributed by atoms with Crippen LogP contribution in [-0.4, -0.2) is 15.0 Å². The second kappa shape index (κ2) is 4.94. The topological polar surface area (TPSA) is 73.9 Å². The van der Waals surface area contributed by atoms with Crippen LogP contribution in [0.4, 0.5) is 5.95 Å². The molecular formula is C14H11ClN4O. The summed E-state index contributed by atoms with van der Waals surface area (Å²) in [4.78, 5) is 12.3. The van der Waals surface area contributed by atoms with Gasteiger partial charge in [0.2, 0.25) is 11.8 Å². The van der Waals surface area contributed by atoms with Crippen molar-refractivity contribution >= 4 is 28.5 Å². The zero-order valence-corrected chi connectivity index (χ0v) is 11.4. The average molecular weight is 287 g/mol. The van der Waals surface area contributed by atoms with E-state index in [0.717, 1.165) is 10.9 Å². The number of hydrogen-bond acceptors (Lipinski definition) is 5. The van der Waals surface area contributed by atoms with Gasteiger partial charge in [-0.1, -0.05) is 11.6 Å². The highest BCUT2D eigenvalue weighted by molar-refractivity contribution is 6.35. The zero-order valence-electron chi connectivity index (χ0n) is 10.7. The second-order valence-electron chi connectivity index (χ2n) is 4.26. The summed E-state index contributed by atoms with van der Waals surface area (Å²) >= 11 is 6.15. The fraction of sp³-hybridized carbons (Fsp3) is 0.0714. The normalized spacial score (nSPS) is 10.7. The molecule has 100 valence electrons. The summed E-state index contributed by atoms with van der Waals surface area (Å²) in [6, 6.07) is 7.24. The molecule has 0 aliphatic carbocycles. The van der Waals surface area contributed by atoms with E-state index >= 15 is 0 Å². The van der Waals surface area contributed by atoms with Crippen LogP contribution in [-0.2, 0) is 0 Å². The molecule has 0 radical (unpaired) electrons. The van der Waals surface area contributed by atoms with Gasteiger partial charge in [-0.05, 0) is 31.2 Å². The minimum atomic E-state index is 0.164. The van der Waals surface area contributed by atoms with Crippen molar-refractivity contribution in [2.24, 2.45) is 0 Å². The van der Waals surface area contributed by atoms with Crippen molar-refractivity contribution in [1.29, 1.82) is 0 Å². The molecule has 1 aromatic carbocycles. The summed E-state index contributed by atoms with van der Waals surface area (Å²) < 4.78 is 5.81. The van der Waals surface area contributed by atoms with Gasteiger partial charge in [-0.15, -0.1) is 0 Å². The number of nitrogens with two attached hydrogens (primary N) is 1. The average Bonchev–Trinajstić information content (AvgIpc) is 2.46. The standard InChI is InChI=1S/C14H11ClN4O/c1-8-7-18-14(16)19-13(8)20-11-5-4-10(15)9-3-2-6-17-12(9)11/h2-7H,1H3,(H2,16,18,19). The highest BCUT2D eigenvalue weighted by Gasteiger charge is 2.10. The number of fused-ring (bicyclic) bond motifs is 1. The van der Waals surface area contributed by atoms with Crippen molar-refractivity contribution in [3.8, 4) is 11.6 Å². The molecule has 3 aromatic rings. The highest BCUT2D eigenvalue weighted by Crippen LogP contribution is 2.32. The van der Waals surface area contributed by atoms with Crippen molar-refractivity contribution in [1.82, 2.24) is 15.0 Å². The Morgan fingerprint density at radius 1 is 1.20 bits per heavy atom. The van der Waals surface area contributed by atoms with E-state index in [1.807, 2.05) is 19.1 Å². The van der Waals surface area contributed by atoms with Crippen LogP contribution in [0.2, 0.25) is 5.02 Å². The van der Waals surface area contributed by atoms with E-state index in [1.54, 1.807) is 24.5 Å². The molecule has 0 saturated carbocycles. The molecule has 0 fully saturated rings. The maximum atomic E-state index is 6.15. The SMILES string of the molecule is Cc1cnc(N)nc1Oc1ccc(Cl)c2cccnc12. The predicted octanol–water partition coefficient (Wildman–Crippen LogP) is 3.36. The number of benzene rings is 1. The molecule has 0 aliphatic rings. The third kappa shape index (κ3) is 2.23. The number of pyridine rings is 1. The molecular weight excluding hydrogens is 276 g/mol. The number of anilines is 1.